The van der Waals surface area contributed by atoms with E-state index in [0.29, 0.717) is 15.7 Å². The van der Waals surface area contributed by atoms with Gasteiger partial charge in [-0.05, 0) is 61.6 Å². The number of aromatic nitrogens is 1. The van der Waals surface area contributed by atoms with Gasteiger partial charge in [0.25, 0.3) is 0 Å². The summed E-state index contributed by atoms with van der Waals surface area (Å²) in [6.07, 6.45) is 6.41. The maximum atomic E-state index is 12.6. The van der Waals surface area contributed by atoms with Crippen LogP contribution in [0.1, 0.15) is 29.9 Å². The molecule has 0 aliphatic heterocycles. The molecule has 0 saturated heterocycles. The molecule has 1 aliphatic carbocycles. The Morgan fingerprint density at radius 3 is 2.86 bits per heavy atom. The molecule has 0 unspecified atom stereocenters. The number of sulfone groups is 1. The molecule has 4 nitrogen and oxygen atoms in total. The zero-order valence-electron chi connectivity index (χ0n) is 12.1. The Morgan fingerprint density at radius 1 is 1.29 bits per heavy atom. The fourth-order valence-corrected chi connectivity index (χ4v) is 4.42. The van der Waals surface area contributed by atoms with Gasteiger partial charge in [-0.2, -0.15) is 0 Å². The third kappa shape index (κ3) is 2.63. The Morgan fingerprint density at radius 2 is 2.14 bits per heavy atom. The molecule has 1 atom stereocenters. The van der Waals surface area contributed by atoms with E-state index < -0.39 is 9.84 Å². The van der Waals surface area contributed by atoms with Crippen molar-refractivity contribution in [1.29, 1.82) is 0 Å². The lowest BCUT2D eigenvalue weighted by Crippen LogP contribution is -2.21. The highest BCUT2D eigenvalue weighted by Gasteiger charge is 2.23. The van der Waals surface area contributed by atoms with Gasteiger partial charge in [-0.1, -0.05) is 6.07 Å². The lowest BCUT2D eigenvalue weighted by Gasteiger charge is -2.25. The standard InChI is InChI=1S/C16H20N2O2S/c1-17-10-13-4-2-3-12-9-14(5-6-16(12)13)21(19,20)15-7-8-18-11-15/h5-9,11,13,17-18H,2-4,10H2,1H3/t13-/m0/s1. The normalized spacial score (nSPS) is 18.4. The highest BCUT2D eigenvalue weighted by molar-refractivity contribution is 7.91. The van der Waals surface area contributed by atoms with E-state index in [1.54, 1.807) is 18.3 Å². The SMILES string of the molecule is CNC[C@@H]1CCCc2cc(S(=O)(=O)c3cc[nH]c3)ccc21. The topological polar surface area (TPSA) is 62.0 Å². The summed E-state index contributed by atoms with van der Waals surface area (Å²) in [5.41, 5.74) is 2.47. The van der Waals surface area contributed by atoms with E-state index in [0.717, 1.165) is 25.8 Å². The van der Waals surface area contributed by atoms with Crippen LogP contribution in [0.25, 0.3) is 0 Å². The van der Waals surface area contributed by atoms with Crippen LogP contribution in [0.4, 0.5) is 0 Å². The summed E-state index contributed by atoms with van der Waals surface area (Å²) in [4.78, 5) is 3.52. The van der Waals surface area contributed by atoms with Crippen molar-refractivity contribution in [3.05, 3.63) is 47.8 Å². The molecule has 5 heteroatoms. The van der Waals surface area contributed by atoms with Gasteiger partial charge in [0.15, 0.2) is 0 Å². The molecule has 1 heterocycles. The maximum Gasteiger partial charge on any atom is 0.208 e. The van der Waals surface area contributed by atoms with Crippen LogP contribution in [0.3, 0.4) is 0 Å². The molecule has 0 saturated carbocycles. The van der Waals surface area contributed by atoms with Crippen molar-refractivity contribution in [2.75, 3.05) is 13.6 Å². The van der Waals surface area contributed by atoms with Crippen molar-refractivity contribution in [2.45, 2.75) is 35.0 Å². The van der Waals surface area contributed by atoms with E-state index in [9.17, 15) is 8.42 Å². The van der Waals surface area contributed by atoms with E-state index in [-0.39, 0.29) is 0 Å². The van der Waals surface area contributed by atoms with E-state index in [2.05, 4.69) is 10.3 Å². The second-order valence-electron chi connectivity index (χ2n) is 5.56. The number of hydrogen-bond acceptors (Lipinski definition) is 3. The third-order valence-corrected chi connectivity index (χ3v) is 5.94. The van der Waals surface area contributed by atoms with Crippen LogP contribution in [-0.2, 0) is 16.3 Å². The van der Waals surface area contributed by atoms with Crippen LogP contribution in [0.2, 0.25) is 0 Å². The average molecular weight is 304 g/mol. The first-order valence-electron chi connectivity index (χ1n) is 7.28. The molecule has 0 bridgehead atoms. The second kappa shape index (κ2) is 5.66. The van der Waals surface area contributed by atoms with Crippen LogP contribution >= 0.6 is 0 Å². The van der Waals surface area contributed by atoms with Crippen molar-refractivity contribution in [3.8, 4) is 0 Å². The maximum absolute atomic E-state index is 12.6. The van der Waals surface area contributed by atoms with E-state index >= 15 is 0 Å². The van der Waals surface area contributed by atoms with Crippen LogP contribution in [0.15, 0.2) is 46.5 Å². The summed E-state index contributed by atoms with van der Waals surface area (Å²) < 4.78 is 25.1. The van der Waals surface area contributed by atoms with Gasteiger partial charge in [0.05, 0.1) is 9.79 Å². The summed E-state index contributed by atoms with van der Waals surface area (Å²) in [6.45, 7) is 0.941. The van der Waals surface area contributed by atoms with E-state index in [4.69, 9.17) is 0 Å². The summed E-state index contributed by atoms with van der Waals surface area (Å²) in [5, 5.41) is 3.22. The van der Waals surface area contributed by atoms with E-state index in [1.807, 2.05) is 19.2 Å². The van der Waals surface area contributed by atoms with Crippen molar-refractivity contribution in [1.82, 2.24) is 10.3 Å². The van der Waals surface area contributed by atoms with Gasteiger partial charge >= 0.3 is 0 Å². The quantitative estimate of drug-likeness (QED) is 0.912. The Balaban J connectivity index is 2.00. The van der Waals surface area contributed by atoms with Gasteiger partial charge in [0.1, 0.15) is 0 Å². The van der Waals surface area contributed by atoms with E-state index in [1.165, 1.54) is 17.3 Å². The largest absolute Gasteiger partial charge is 0.366 e. The lowest BCUT2D eigenvalue weighted by atomic mass is 9.83. The average Bonchev–Trinajstić information content (AvgIpc) is 3.02. The predicted octanol–water partition coefficient (Wildman–Crippen LogP) is 2.49. The number of nitrogens with one attached hydrogen (secondary N) is 2. The van der Waals surface area contributed by atoms with Gasteiger partial charge in [-0.3, -0.25) is 0 Å². The summed E-state index contributed by atoms with van der Waals surface area (Å²) in [7, 11) is -1.45. The number of aromatic amines is 1. The van der Waals surface area contributed by atoms with Gasteiger partial charge in [-0.15, -0.1) is 0 Å². The molecule has 112 valence electrons. The molecule has 0 fully saturated rings. The molecular weight excluding hydrogens is 284 g/mol. The van der Waals surface area contributed by atoms with Gasteiger partial charge in [0.2, 0.25) is 9.84 Å². The monoisotopic (exact) mass is 304 g/mol. The first-order chi connectivity index (χ1) is 10.1. The fraction of sp³-hybridized carbons (Fsp3) is 0.375. The van der Waals surface area contributed by atoms with Crippen molar-refractivity contribution in [2.24, 2.45) is 0 Å². The molecule has 3 rings (SSSR count). The first kappa shape index (κ1) is 14.4. The number of H-pyrrole nitrogens is 1. The number of likely N-dealkylation sites (N-methyl/N-ethyl adjacent to an activating group) is 1. The number of aryl methyl sites for hydroxylation is 1. The molecule has 21 heavy (non-hydrogen) atoms. The molecule has 0 amide bonds. The van der Waals surface area contributed by atoms with Gasteiger partial charge in [-0.25, -0.2) is 8.42 Å². The Labute approximate surface area is 125 Å². The fourth-order valence-electron chi connectivity index (χ4n) is 3.13. The number of benzene rings is 1. The predicted molar refractivity (Wildman–Crippen MR) is 82.3 cm³/mol. The molecular formula is C16H20N2O2S. The highest BCUT2D eigenvalue weighted by Crippen LogP contribution is 2.33. The van der Waals surface area contributed by atoms with Crippen LogP contribution in [-0.4, -0.2) is 27.0 Å². The zero-order chi connectivity index (χ0) is 14.9. The molecule has 0 radical (unpaired) electrons. The highest BCUT2D eigenvalue weighted by atomic mass is 32.2. The van der Waals surface area contributed by atoms with Crippen molar-refractivity contribution < 1.29 is 8.42 Å². The molecule has 2 aromatic rings. The smallest absolute Gasteiger partial charge is 0.208 e. The van der Waals surface area contributed by atoms with Gasteiger partial charge < -0.3 is 10.3 Å². The zero-order valence-corrected chi connectivity index (χ0v) is 12.9. The minimum absolute atomic E-state index is 0.324. The second-order valence-corrected chi connectivity index (χ2v) is 7.51. The molecule has 1 aliphatic rings. The van der Waals surface area contributed by atoms with Crippen molar-refractivity contribution in [3.63, 3.8) is 0 Å². The third-order valence-electron chi connectivity index (χ3n) is 4.19. The summed E-state index contributed by atoms with van der Waals surface area (Å²) in [6, 6.07) is 7.20. The van der Waals surface area contributed by atoms with Crippen LogP contribution < -0.4 is 5.32 Å². The van der Waals surface area contributed by atoms with Crippen LogP contribution in [0.5, 0.6) is 0 Å². The molecule has 0 spiro atoms. The first-order valence-corrected chi connectivity index (χ1v) is 8.76. The Kier molecular flexibility index (Phi) is 3.87. The van der Waals surface area contributed by atoms with Crippen molar-refractivity contribution >= 4 is 9.84 Å². The summed E-state index contributed by atoms with van der Waals surface area (Å²) in [5.74, 6) is 0.489. The Hall–Kier alpha value is -1.59. The minimum Gasteiger partial charge on any atom is -0.366 e. The number of fused-ring (bicyclic) bond motifs is 1. The summed E-state index contributed by atoms with van der Waals surface area (Å²) >= 11 is 0. The number of rotatable bonds is 4. The van der Waals surface area contributed by atoms with Crippen LogP contribution in [0, 0.1) is 0 Å². The molecule has 2 N–H and O–H groups in total. The number of hydrogen-bond donors (Lipinski definition) is 2. The molecule has 1 aromatic carbocycles. The lowest BCUT2D eigenvalue weighted by molar-refractivity contribution is 0.527. The minimum atomic E-state index is -3.41. The Bertz CT molecular complexity index is 721. The van der Waals surface area contributed by atoms with Gasteiger partial charge in [0, 0.05) is 18.9 Å². The molecule has 1 aromatic heterocycles.